The Labute approximate surface area is 105 Å². The average Bonchev–Trinajstić information content (AvgIpc) is 2.39. The van der Waals surface area contributed by atoms with Gasteiger partial charge in [-0.1, -0.05) is 18.2 Å². The van der Waals surface area contributed by atoms with Gasteiger partial charge < -0.3 is 10.0 Å². The lowest BCUT2D eigenvalue weighted by molar-refractivity contribution is 0.0683. The van der Waals surface area contributed by atoms with E-state index in [4.69, 9.17) is 5.11 Å². The Morgan fingerprint density at radius 2 is 1.78 bits per heavy atom. The minimum absolute atomic E-state index is 0.193. The molecule has 1 aromatic heterocycles. The van der Waals surface area contributed by atoms with Gasteiger partial charge in [-0.3, -0.25) is 0 Å². The standard InChI is InChI=1S/C13H13N3O2/c1-16(2)11-6-4-3-5-10(11)9-7-14-12(13(17)18)15-8-9/h3-8H,1-2H3,(H,17,18). The zero-order valence-electron chi connectivity index (χ0n) is 10.2. The van der Waals surface area contributed by atoms with Crippen LogP contribution in [0.5, 0.6) is 0 Å². The maximum Gasteiger partial charge on any atom is 0.373 e. The van der Waals surface area contributed by atoms with Crippen LogP contribution < -0.4 is 4.90 Å². The van der Waals surface area contributed by atoms with Crippen molar-refractivity contribution in [2.75, 3.05) is 19.0 Å². The second kappa shape index (κ2) is 4.83. The van der Waals surface area contributed by atoms with Crippen LogP contribution in [0.4, 0.5) is 5.69 Å². The Hall–Kier alpha value is -2.43. The molecule has 1 aromatic carbocycles. The van der Waals surface area contributed by atoms with Gasteiger partial charge in [-0.2, -0.15) is 0 Å². The van der Waals surface area contributed by atoms with Gasteiger partial charge >= 0.3 is 5.97 Å². The van der Waals surface area contributed by atoms with Gasteiger partial charge in [0, 0.05) is 43.3 Å². The molecule has 0 aliphatic rings. The highest BCUT2D eigenvalue weighted by atomic mass is 16.4. The summed E-state index contributed by atoms with van der Waals surface area (Å²) in [5.74, 6) is -1.32. The van der Waals surface area contributed by atoms with E-state index in [-0.39, 0.29) is 5.82 Å². The molecule has 1 heterocycles. The Morgan fingerprint density at radius 1 is 1.17 bits per heavy atom. The van der Waals surface area contributed by atoms with Crippen LogP contribution in [0.2, 0.25) is 0 Å². The fraction of sp³-hybridized carbons (Fsp3) is 0.154. The van der Waals surface area contributed by atoms with Gasteiger partial charge in [0.05, 0.1) is 0 Å². The highest BCUT2D eigenvalue weighted by Crippen LogP contribution is 2.28. The zero-order chi connectivity index (χ0) is 13.1. The largest absolute Gasteiger partial charge is 0.475 e. The number of carboxylic acids is 1. The quantitative estimate of drug-likeness (QED) is 0.891. The molecule has 0 fully saturated rings. The summed E-state index contributed by atoms with van der Waals surface area (Å²) < 4.78 is 0. The van der Waals surface area contributed by atoms with E-state index in [1.54, 1.807) is 0 Å². The molecule has 0 amide bonds. The van der Waals surface area contributed by atoms with Crippen LogP contribution in [0.3, 0.4) is 0 Å². The molecule has 0 bridgehead atoms. The Bertz CT molecular complexity index is 565. The fourth-order valence-electron chi connectivity index (χ4n) is 1.69. The third-order valence-electron chi connectivity index (χ3n) is 2.54. The lowest BCUT2D eigenvalue weighted by atomic mass is 10.1. The van der Waals surface area contributed by atoms with E-state index < -0.39 is 5.97 Å². The molecule has 5 heteroatoms. The first-order valence-corrected chi connectivity index (χ1v) is 5.41. The molecule has 0 saturated carbocycles. The van der Waals surface area contributed by atoms with Gasteiger partial charge in [-0.25, -0.2) is 14.8 Å². The summed E-state index contributed by atoms with van der Waals surface area (Å²) >= 11 is 0. The number of para-hydroxylation sites is 1. The van der Waals surface area contributed by atoms with Gasteiger partial charge in [-0.15, -0.1) is 0 Å². The van der Waals surface area contributed by atoms with Crippen molar-refractivity contribution in [3.8, 4) is 11.1 Å². The summed E-state index contributed by atoms with van der Waals surface area (Å²) in [6, 6.07) is 7.81. The van der Waals surface area contributed by atoms with Crippen molar-refractivity contribution in [2.24, 2.45) is 0 Å². The van der Waals surface area contributed by atoms with Crippen LogP contribution >= 0.6 is 0 Å². The van der Waals surface area contributed by atoms with E-state index >= 15 is 0 Å². The van der Waals surface area contributed by atoms with Gasteiger partial charge in [0.25, 0.3) is 0 Å². The number of nitrogens with zero attached hydrogens (tertiary/aromatic N) is 3. The Balaban J connectivity index is 2.46. The molecule has 1 N–H and O–H groups in total. The minimum Gasteiger partial charge on any atom is -0.475 e. The SMILES string of the molecule is CN(C)c1ccccc1-c1cnc(C(=O)O)nc1. The molecule has 0 saturated heterocycles. The summed E-state index contributed by atoms with van der Waals surface area (Å²) in [4.78, 5) is 20.3. The summed E-state index contributed by atoms with van der Waals surface area (Å²) in [5, 5.41) is 8.76. The molecule has 2 aromatic rings. The molecular weight excluding hydrogens is 230 g/mol. The topological polar surface area (TPSA) is 66.3 Å². The minimum atomic E-state index is -1.12. The van der Waals surface area contributed by atoms with E-state index in [0.29, 0.717) is 0 Å². The lowest BCUT2D eigenvalue weighted by Crippen LogP contribution is -2.10. The predicted molar refractivity (Wildman–Crippen MR) is 68.8 cm³/mol. The third-order valence-corrected chi connectivity index (χ3v) is 2.54. The molecule has 0 aliphatic heterocycles. The van der Waals surface area contributed by atoms with Gasteiger partial charge in [-0.05, 0) is 6.07 Å². The van der Waals surface area contributed by atoms with Crippen LogP contribution in [-0.4, -0.2) is 35.1 Å². The maximum atomic E-state index is 10.7. The number of hydrogen-bond donors (Lipinski definition) is 1. The molecule has 18 heavy (non-hydrogen) atoms. The van der Waals surface area contributed by atoms with Crippen molar-refractivity contribution in [2.45, 2.75) is 0 Å². The first kappa shape index (κ1) is 12.0. The normalized spacial score (nSPS) is 10.1. The smallest absolute Gasteiger partial charge is 0.373 e. The first-order valence-electron chi connectivity index (χ1n) is 5.41. The predicted octanol–water partition coefficient (Wildman–Crippen LogP) is 1.91. The number of hydrogen-bond acceptors (Lipinski definition) is 4. The summed E-state index contributed by atoms with van der Waals surface area (Å²) in [6.07, 6.45) is 3.05. The summed E-state index contributed by atoms with van der Waals surface area (Å²) in [5.41, 5.74) is 2.80. The molecule has 5 nitrogen and oxygen atoms in total. The Morgan fingerprint density at radius 3 is 2.33 bits per heavy atom. The van der Waals surface area contributed by atoms with Gasteiger partial charge in [0.15, 0.2) is 0 Å². The number of aromatic nitrogens is 2. The Kier molecular flexibility index (Phi) is 3.23. The molecular formula is C13H13N3O2. The van der Waals surface area contributed by atoms with Crippen molar-refractivity contribution in [3.05, 3.63) is 42.5 Å². The number of carbonyl (C=O) groups is 1. The van der Waals surface area contributed by atoms with Gasteiger partial charge in [0.2, 0.25) is 5.82 Å². The molecule has 2 rings (SSSR count). The average molecular weight is 243 g/mol. The molecule has 0 atom stereocenters. The van der Waals surface area contributed by atoms with E-state index in [2.05, 4.69) is 9.97 Å². The summed E-state index contributed by atoms with van der Waals surface area (Å²) in [7, 11) is 3.90. The fourth-order valence-corrected chi connectivity index (χ4v) is 1.69. The second-order valence-electron chi connectivity index (χ2n) is 4.01. The highest BCUT2D eigenvalue weighted by Gasteiger charge is 2.09. The zero-order valence-corrected chi connectivity index (χ0v) is 10.2. The number of benzene rings is 1. The van der Waals surface area contributed by atoms with E-state index in [0.717, 1.165) is 16.8 Å². The van der Waals surface area contributed by atoms with Crippen molar-refractivity contribution >= 4 is 11.7 Å². The van der Waals surface area contributed by atoms with E-state index in [9.17, 15) is 4.79 Å². The molecule has 0 radical (unpaired) electrons. The van der Waals surface area contributed by atoms with E-state index in [1.807, 2.05) is 43.3 Å². The third kappa shape index (κ3) is 2.29. The molecule has 0 spiro atoms. The maximum absolute atomic E-state index is 10.7. The van der Waals surface area contributed by atoms with Crippen LogP contribution in [0.15, 0.2) is 36.7 Å². The number of anilines is 1. The van der Waals surface area contributed by atoms with Crippen molar-refractivity contribution in [3.63, 3.8) is 0 Å². The highest BCUT2D eigenvalue weighted by molar-refractivity contribution is 5.84. The number of aromatic carboxylic acids is 1. The van der Waals surface area contributed by atoms with Crippen LogP contribution in [-0.2, 0) is 0 Å². The van der Waals surface area contributed by atoms with E-state index in [1.165, 1.54) is 12.4 Å². The first-order chi connectivity index (χ1) is 8.59. The molecule has 92 valence electrons. The summed E-state index contributed by atoms with van der Waals surface area (Å²) in [6.45, 7) is 0. The van der Waals surface area contributed by atoms with Crippen molar-refractivity contribution in [1.29, 1.82) is 0 Å². The second-order valence-corrected chi connectivity index (χ2v) is 4.01. The van der Waals surface area contributed by atoms with Crippen molar-refractivity contribution < 1.29 is 9.90 Å². The van der Waals surface area contributed by atoms with Crippen LogP contribution in [0.25, 0.3) is 11.1 Å². The van der Waals surface area contributed by atoms with Gasteiger partial charge in [0.1, 0.15) is 0 Å². The van der Waals surface area contributed by atoms with Crippen LogP contribution in [0, 0.1) is 0 Å². The number of carboxylic acid groups (broad SMARTS) is 1. The monoisotopic (exact) mass is 243 g/mol. The molecule has 0 aliphatic carbocycles. The number of rotatable bonds is 3. The lowest BCUT2D eigenvalue weighted by Gasteiger charge is -2.16. The van der Waals surface area contributed by atoms with Crippen LogP contribution in [0.1, 0.15) is 10.6 Å². The van der Waals surface area contributed by atoms with Crippen molar-refractivity contribution in [1.82, 2.24) is 9.97 Å². The molecule has 0 unspecified atom stereocenters.